The lowest BCUT2D eigenvalue weighted by Crippen LogP contribution is -2.11. The highest BCUT2D eigenvalue weighted by atomic mass is 16.5. The fourth-order valence-corrected chi connectivity index (χ4v) is 2.30. The molecule has 0 aliphatic heterocycles. The summed E-state index contributed by atoms with van der Waals surface area (Å²) in [5.41, 5.74) is 2.74. The molecule has 0 N–H and O–H groups in total. The summed E-state index contributed by atoms with van der Waals surface area (Å²) in [6, 6.07) is 27.2. The van der Waals surface area contributed by atoms with Gasteiger partial charge in [-0.05, 0) is 49.7 Å². The molecule has 3 rings (SSSR count). The lowest BCUT2D eigenvalue weighted by molar-refractivity contribution is 0.473. The van der Waals surface area contributed by atoms with E-state index in [1.807, 2.05) is 98.8 Å². The second-order valence-electron chi connectivity index (χ2n) is 5.85. The summed E-state index contributed by atoms with van der Waals surface area (Å²) in [6.45, 7) is 3.95. The minimum absolute atomic E-state index is 0.501. The SMILES string of the molecule is CC(=COc1ccccc1)C(=Nc1ccccc1C)Oc1ccccc1. The van der Waals surface area contributed by atoms with Gasteiger partial charge in [0.15, 0.2) is 0 Å². The van der Waals surface area contributed by atoms with Gasteiger partial charge in [-0.1, -0.05) is 54.6 Å². The van der Waals surface area contributed by atoms with Gasteiger partial charge in [-0.2, -0.15) is 0 Å². The van der Waals surface area contributed by atoms with Crippen LogP contribution >= 0.6 is 0 Å². The van der Waals surface area contributed by atoms with Gasteiger partial charge in [0.05, 0.1) is 11.9 Å². The maximum Gasteiger partial charge on any atom is 0.225 e. The molecular formula is C23H21NO2. The molecule has 0 fully saturated rings. The fourth-order valence-electron chi connectivity index (χ4n) is 2.30. The summed E-state index contributed by atoms with van der Waals surface area (Å²) in [6.07, 6.45) is 1.66. The molecule has 0 bridgehead atoms. The van der Waals surface area contributed by atoms with E-state index in [4.69, 9.17) is 14.5 Å². The summed E-state index contributed by atoms with van der Waals surface area (Å²) in [5, 5.41) is 0. The molecule has 0 aliphatic carbocycles. The molecule has 0 unspecified atom stereocenters. The summed E-state index contributed by atoms with van der Waals surface area (Å²) >= 11 is 0. The molecule has 0 heterocycles. The number of aryl methyl sites for hydroxylation is 1. The average molecular weight is 343 g/mol. The highest BCUT2D eigenvalue weighted by Crippen LogP contribution is 2.21. The molecule has 3 nitrogen and oxygen atoms in total. The molecule has 3 aromatic rings. The third-order valence-corrected chi connectivity index (χ3v) is 3.75. The topological polar surface area (TPSA) is 30.8 Å². The zero-order valence-corrected chi connectivity index (χ0v) is 14.9. The number of para-hydroxylation sites is 3. The Morgan fingerprint density at radius 1 is 0.769 bits per heavy atom. The molecule has 0 amide bonds. The van der Waals surface area contributed by atoms with Gasteiger partial charge >= 0.3 is 0 Å². The Hall–Kier alpha value is -3.33. The highest BCUT2D eigenvalue weighted by molar-refractivity contribution is 5.96. The van der Waals surface area contributed by atoms with Crippen LogP contribution in [0.1, 0.15) is 12.5 Å². The van der Waals surface area contributed by atoms with Crippen molar-refractivity contribution in [3.8, 4) is 11.5 Å². The van der Waals surface area contributed by atoms with Gasteiger partial charge in [0.25, 0.3) is 0 Å². The fraction of sp³-hybridized carbons (Fsp3) is 0.0870. The van der Waals surface area contributed by atoms with Crippen molar-refractivity contribution in [3.05, 3.63) is 102 Å². The van der Waals surface area contributed by atoms with Crippen molar-refractivity contribution < 1.29 is 9.47 Å². The maximum atomic E-state index is 6.03. The molecule has 130 valence electrons. The van der Waals surface area contributed by atoms with Crippen molar-refractivity contribution in [3.63, 3.8) is 0 Å². The van der Waals surface area contributed by atoms with Crippen molar-refractivity contribution in [2.75, 3.05) is 0 Å². The van der Waals surface area contributed by atoms with Crippen LogP contribution in [-0.4, -0.2) is 5.90 Å². The van der Waals surface area contributed by atoms with E-state index in [1.165, 1.54) is 0 Å². The van der Waals surface area contributed by atoms with E-state index in [0.717, 1.165) is 28.3 Å². The number of ether oxygens (including phenoxy) is 2. The zero-order chi connectivity index (χ0) is 18.2. The van der Waals surface area contributed by atoms with E-state index in [2.05, 4.69) is 0 Å². The monoisotopic (exact) mass is 343 g/mol. The molecule has 3 aromatic carbocycles. The van der Waals surface area contributed by atoms with Crippen LogP contribution in [0.2, 0.25) is 0 Å². The Morgan fingerprint density at radius 3 is 2.00 bits per heavy atom. The van der Waals surface area contributed by atoms with Gasteiger partial charge in [0, 0.05) is 5.57 Å². The van der Waals surface area contributed by atoms with Gasteiger partial charge in [0.2, 0.25) is 5.90 Å². The van der Waals surface area contributed by atoms with E-state index in [-0.39, 0.29) is 0 Å². The van der Waals surface area contributed by atoms with Crippen molar-refractivity contribution in [2.45, 2.75) is 13.8 Å². The van der Waals surface area contributed by atoms with E-state index < -0.39 is 0 Å². The summed E-state index contributed by atoms with van der Waals surface area (Å²) in [5.74, 6) is 2.00. The number of nitrogens with zero attached hydrogens (tertiary/aromatic N) is 1. The lowest BCUT2D eigenvalue weighted by Gasteiger charge is -2.11. The van der Waals surface area contributed by atoms with E-state index >= 15 is 0 Å². The Bertz CT molecular complexity index is 900. The van der Waals surface area contributed by atoms with Crippen LogP contribution in [0.5, 0.6) is 11.5 Å². The normalized spacial score (nSPS) is 11.9. The third kappa shape index (κ3) is 4.84. The van der Waals surface area contributed by atoms with Crippen LogP contribution in [-0.2, 0) is 0 Å². The molecule has 26 heavy (non-hydrogen) atoms. The van der Waals surface area contributed by atoms with E-state index in [0.29, 0.717) is 5.90 Å². The standard InChI is InChI=1S/C23H21NO2/c1-18-11-9-10-16-22(18)24-23(26-21-14-7-4-8-15-21)19(2)17-25-20-12-5-3-6-13-20/h3-17H,1-2H3. The number of hydrogen-bond donors (Lipinski definition) is 0. The largest absolute Gasteiger partial charge is 0.465 e. The molecule has 0 saturated carbocycles. The Kier molecular flexibility index (Phi) is 5.84. The third-order valence-electron chi connectivity index (χ3n) is 3.75. The van der Waals surface area contributed by atoms with E-state index in [9.17, 15) is 0 Å². The smallest absolute Gasteiger partial charge is 0.225 e. The van der Waals surface area contributed by atoms with Crippen molar-refractivity contribution >= 4 is 11.6 Å². The first-order chi connectivity index (χ1) is 12.7. The summed E-state index contributed by atoms with van der Waals surface area (Å²) < 4.78 is 11.8. The first kappa shape index (κ1) is 17.5. The second-order valence-corrected chi connectivity index (χ2v) is 5.85. The van der Waals surface area contributed by atoms with Crippen molar-refractivity contribution in [2.24, 2.45) is 4.99 Å². The summed E-state index contributed by atoms with van der Waals surface area (Å²) in [7, 11) is 0. The molecular weight excluding hydrogens is 322 g/mol. The molecule has 3 heteroatoms. The van der Waals surface area contributed by atoms with Crippen LogP contribution in [0.15, 0.2) is 102 Å². The first-order valence-corrected chi connectivity index (χ1v) is 8.48. The van der Waals surface area contributed by atoms with Crippen LogP contribution in [0, 0.1) is 6.92 Å². The van der Waals surface area contributed by atoms with Gasteiger partial charge in [-0.3, -0.25) is 0 Å². The van der Waals surface area contributed by atoms with Crippen LogP contribution in [0.25, 0.3) is 0 Å². The van der Waals surface area contributed by atoms with Gasteiger partial charge in [0.1, 0.15) is 11.5 Å². The van der Waals surface area contributed by atoms with Crippen molar-refractivity contribution in [1.82, 2.24) is 0 Å². The molecule has 0 aliphatic rings. The Labute approximate surface area is 154 Å². The second kappa shape index (κ2) is 8.67. The van der Waals surface area contributed by atoms with E-state index in [1.54, 1.807) is 6.26 Å². The lowest BCUT2D eigenvalue weighted by atomic mass is 10.2. The molecule has 0 spiro atoms. The van der Waals surface area contributed by atoms with Gasteiger partial charge < -0.3 is 9.47 Å². The maximum absolute atomic E-state index is 6.03. The zero-order valence-electron chi connectivity index (χ0n) is 14.9. The van der Waals surface area contributed by atoms with Gasteiger partial charge in [-0.25, -0.2) is 4.99 Å². The molecule has 0 aromatic heterocycles. The molecule has 0 saturated heterocycles. The Balaban J connectivity index is 1.90. The highest BCUT2D eigenvalue weighted by Gasteiger charge is 2.08. The predicted octanol–water partition coefficient (Wildman–Crippen LogP) is 6.09. The number of rotatable bonds is 5. The quantitative estimate of drug-likeness (QED) is 0.319. The van der Waals surface area contributed by atoms with Gasteiger partial charge in [-0.15, -0.1) is 0 Å². The van der Waals surface area contributed by atoms with Crippen LogP contribution in [0.3, 0.4) is 0 Å². The first-order valence-electron chi connectivity index (χ1n) is 8.48. The Morgan fingerprint density at radius 2 is 1.35 bits per heavy atom. The van der Waals surface area contributed by atoms with Crippen LogP contribution < -0.4 is 9.47 Å². The number of benzene rings is 3. The minimum Gasteiger partial charge on any atom is -0.465 e. The summed E-state index contributed by atoms with van der Waals surface area (Å²) in [4.78, 5) is 4.71. The number of aliphatic imine (C=N–C) groups is 1. The molecule has 0 atom stereocenters. The average Bonchev–Trinajstić information content (AvgIpc) is 2.69. The minimum atomic E-state index is 0.501. The van der Waals surface area contributed by atoms with Crippen molar-refractivity contribution in [1.29, 1.82) is 0 Å². The van der Waals surface area contributed by atoms with Crippen LogP contribution in [0.4, 0.5) is 5.69 Å². The number of hydrogen-bond acceptors (Lipinski definition) is 3. The predicted molar refractivity (Wildman–Crippen MR) is 106 cm³/mol. The molecule has 0 radical (unpaired) electrons.